The number of benzene rings is 1. The molecule has 0 aliphatic carbocycles. The molecule has 0 radical (unpaired) electrons. The molecule has 0 bridgehead atoms. The number of methoxy groups -OCH3 is 1. The van der Waals surface area contributed by atoms with Crippen LogP contribution in [0.4, 0.5) is 11.8 Å². The molecule has 0 unspecified atom stereocenters. The zero-order valence-corrected chi connectivity index (χ0v) is 21.9. The number of nitrogens with zero attached hydrogens (tertiary/aromatic N) is 4. The lowest BCUT2D eigenvalue weighted by Crippen LogP contribution is -2.37. The highest BCUT2D eigenvalue weighted by Gasteiger charge is 2.26. The van der Waals surface area contributed by atoms with Crippen molar-refractivity contribution in [3.8, 4) is 11.5 Å². The molecule has 1 aromatic carbocycles. The molecule has 0 amide bonds. The minimum absolute atomic E-state index is 0.0386. The third kappa shape index (κ3) is 6.12. The van der Waals surface area contributed by atoms with Gasteiger partial charge in [-0.3, -0.25) is 0 Å². The van der Waals surface area contributed by atoms with Gasteiger partial charge in [0.1, 0.15) is 15.7 Å². The number of aromatic nitrogens is 2. The number of rotatable bonds is 9. The number of sulfone groups is 1. The Bertz CT molecular complexity index is 1140. The first kappa shape index (κ1) is 25.3. The molecule has 198 valence electrons. The van der Waals surface area contributed by atoms with E-state index in [1.54, 1.807) is 7.11 Å². The maximum absolute atomic E-state index is 11.9. The molecular weight excluding hydrogens is 482 g/mol. The number of hydrogen-bond acceptors (Lipinski definition) is 10. The van der Waals surface area contributed by atoms with Gasteiger partial charge in [-0.1, -0.05) is 0 Å². The van der Waals surface area contributed by atoms with E-state index in [2.05, 4.69) is 15.1 Å². The second kappa shape index (κ2) is 11.4. The fourth-order valence-corrected chi connectivity index (χ4v) is 6.61. The molecule has 4 heterocycles. The van der Waals surface area contributed by atoms with Crippen LogP contribution in [0, 0.1) is 0 Å². The van der Waals surface area contributed by atoms with Crippen LogP contribution in [0.1, 0.15) is 32.1 Å². The van der Waals surface area contributed by atoms with Crippen LogP contribution in [-0.4, -0.2) is 100 Å². The first-order valence-electron chi connectivity index (χ1n) is 13.1. The number of anilines is 2. The number of morpholine rings is 1. The monoisotopic (exact) mass is 519 g/mol. The van der Waals surface area contributed by atoms with E-state index in [-0.39, 0.29) is 17.5 Å². The largest absolute Gasteiger partial charge is 0.493 e. The average Bonchev–Trinajstić information content (AvgIpc) is 3.41. The lowest BCUT2D eigenvalue weighted by molar-refractivity contribution is 0.122. The summed E-state index contributed by atoms with van der Waals surface area (Å²) in [4.78, 5) is 14.4. The zero-order valence-electron chi connectivity index (χ0n) is 21.1. The van der Waals surface area contributed by atoms with Crippen molar-refractivity contribution in [2.24, 2.45) is 0 Å². The predicted molar refractivity (Wildman–Crippen MR) is 140 cm³/mol. The molecule has 2 aromatic rings. The summed E-state index contributed by atoms with van der Waals surface area (Å²) in [6.45, 7) is 6.75. The molecule has 0 atom stereocenters. The van der Waals surface area contributed by atoms with Gasteiger partial charge >= 0.3 is 0 Å². The molecule has 11 heteroatoms. The molecule has 1 aromatic heterocycles. The number of nitrogens with one attached hydrogen (secondary N) is 1. The Morgan fingerprint density at radius 2 is 1.81 bits per heavy atom. The van der Waals surface area contributed by atoms with Crippen molar-refractivity contribution in [2.45, 2.75) is 38.1 Å². The fourth-order valence-electron chi connectivity index (χ4n) is 5.12. The maximum atomic E-state index is 11.9. The Morgan fingerprint density at radius 1 is 1.06 bits per heavy atom. The standard InChI is InChI=1S/C25H37N5O5S/c1-33-22-17-20-21(18-23(22)35-12-4-9-29-7-2-3-8-29)27-25(30-10-13-34-14-11-30)28-24(20)26-19-5-15-36(31,32)16-6-19/h17-19H,2-16H2,1H3,(H,26,27,28). The molecule has 1 N–H and O–H groups in total. The second-order valence-corrected chi connectivity index (χ2v) is 12.1. The van der Waals surface area contributed by atoms with Gasteiger partial charge < -0.3 is 29.3 Å². The third-order valence-electron chi connectivity index (χ3n) is 7.23. The smallest absolute Gasteiger partial charge is 0.228 e. The summed E-state index contributed by atoms with van der Waals surface area (Å²) >= 11 is 0. The van der Waals surface area contributed by atoms with Crippen LogP contribution in [0.15, 0.2) is 12.1 Å². The van der Waals surface area contributed by atoms with Gasteiger partial charge in [-0.2, -0.15) is 4.98 Å². The van der Waals surface area contributed by atoms with Crippen LogP contribution in [0.2, 0.25) is 0 Å². The van der Waals surface area contributed by atoms with Gasteiger partial charge in [0.05, 0.1) is 44.0 Å². The second-order valence-electron chi connectivity index (χ2n) is 9.81. The Balaban J connectivity index is 1.40. The molecule has 0 saturated carbocycles. The van der Waals surface area contributed by atoms with E-state index in [1.807, 2.05) is 12.1 Å². The SMILES string of the molecule is COc1cc2c(NC3CCS(=O)(=O)CC3)nc(N3CCOCC3)nc2cc1OCCCN1CCCC1. The van der Waals surface area contributed by atoms with Crippen molar-refractivity contribution in [1.82, 2.24) is 14.9 Å². The van der Waals surface area contributed by atoms with E-state index < -0.39 is 9.84 Å². The van der Waals surface area contributed by atoms with Crippen LogP contribution < -0.4 is 19.7 Å². The van der Waals surface area contributed by atoms with Crippen molar-refractivity contribution in [3.63, 3.8) is 0 Å². The van der Waals surface area contributed by atoms with Crippen molar-refractivity contribution < 1.29 is 22.6 Å². The normalized spacial score (nSPS) is 21.1. The van der Waals surface area contributed by atoms with Gasteiger partial charge in [-0.25, -0.2) is 13.4 Å². The summed E-state index contributed by atoms with van der Waals surface area (Å²) in [5, 5.41) is 4.35. The molecular formula is C25H37N5O5S. The highest BCUT2D eigenvalue weighted by atomic mass is 32.2. The van der Waals surface area contributed by atoms with E-state index in [0.29, 0.717) is 55.9 Å². The average molecular weight is 520 g/mol. The zero-order chi connectivity index (χ0) is 25.0. The first-order valence-corrected chi connectivity index (χ1v) is 14.9. The Kier molecular flexibility index (Phi) is 7.97. The Labute approximate surface area is 213 Å². The summed E-state index contributed by atoms with van der Waals surface area (Å²) in [5.74, 6) is 3.05. The van der Waals surface area contributed by atoms with E-state index >= 15 is 0 Å². The van der Waals surface area contributed by atoms with E-state index in [1.165, 1.54) is 25.9 Å². The van der Waals surface area contributed by atoms with E-state index in [4.69, 9.17) is 24.2 Å². The molecule has 10 nitrogen and oxygen atoms in total. The highest BCUT2D eigenvalue weighted by molar-refractivity contribution is 7.91. The number of hydrogen-bond donors (Lipinski definition) is 1. The summed E-state index contributed by atoms with van der Waals surface area (Å²) in [6.07, 6.45) is 4.67. The first-order chi connectivity index (χ1) is 17.5. The van der Waals surface area contributed by atoms with Crippen molar-refractivity contribution >= 4 is 32.5 Å². The molecule has 5 rings (SSSR count). The minimum Gasteiger partial charge on any atom is -0.493 e. The van der Waals surface area contributed by atoms with E-state index in [0.717, 1.165) is 37.0 Å². The third-order valence-corrected chi connectivity index (χ3v) is 8.95. The lowest BCUT2D eigenvalue weighted by Gasteiger charge is -2.29. The van der Waals surface area contributed by atoms with E-state index in [9.17, 15) is 8.42 Å². The topological polar surface area (TPSA) is 106 Å². The lowest BCUT2D eigenvalue weighted by atomic mass is 10.1. The molecule has 3 aliphatic rings. The molecule has 3 fully saturated rings. The van der Waals surface area contributed by atoms with Gasteiger partial charge in [0.15, 0.2) is 11.5 Å². The van der Waals surface area contributed by atoms with Gasteiger partial charge in [0, 0.05) is 37.1 Å². The van der Waals surface area contributed by atoms with Crippen LogP contribution in [0.25, 0.3) is 10.9 Å². The maximum Gasteiger partial charge on any atom is 0.228 e. The van der Waals surface area contributed by atoms with Crippen molar-refractivity contribution in [2.75, 3.05) is 81.4 Å². The Morgan fingerprint density at radius 3 is 2.53 bits per heavy atom. The van der Waals surface area contributed by atoms with Crippen LogP contribution >= 0.6 is 0 Å². The van der Waals surface area contributed by atoms with Gasteiger partial charge in [0.2, 0.25) is 5.95 Å². The number of fused-ring (bicyclic) bond motifs is 1. The van der Waals surface area contributed by atoms with Crippen molar-refractivity contribution in [3.05, 3.63) is 12.1 Å². The summed E-state index contributed by atoms with van der Waals surface area (Å²) in [5.41, 5.74) is 0.771. The quantitative estimate of drug-likeness (QED) is 0.496. The molecule has 36 heavy (non-hydrogen) atoms. The summed E-state index contributed by atoms with van der Waals surface area (Å²) in [7, 11) is -1.30. The van der Waals surface area contributed by atoms with Gasteiger partial charge in [0.25, 0.3) is 0 Å². The van der Waals surface area contributed by atoms with Crippen LogP contribution in [0.5, 0.6) is 11.5 Å². The van der Waals surface area contributed by atoms with Gasteiger partial charge in [-0.05, 0) is 51.3 Å². The number of likely N-dealkylation sites (tertiary alicyclic amines) is 1. The number of ether oxygens (including phenoxy) is 3. The molecule has 0 spiro atoms. The van der Waals surface area contributed by atoms with Crippen LogP contribution in [0.3, 0.4) is 0 Å². The van der Waals surface area contributed by atoms with Crippen LogP contribution in [-0.2, 0) is 14.6 Å². The molecule has 3 aliphatic heterocycles. The summed E-state index contributed by atoms with van der Waals surface area (Å²) in [6, 6.07) is 3.90. The predicted octanol–water partition coefficient (Wildman–Crippen LogP) is 2.33. The Hall–Kier alpha value is -2.37. The molecule has 3 saturated heterocycles. The minimum atomic E-state index is -2.94. The fraction of sp³-hybridized carbons (Fsp3) is 0.680. The van der Waals surface area contributed by atoms with Gasteiger partial charge in [-0.15, -0.1) is 0 Å². The van der Waals surface area contributed by atoms with Crippen molar-refractivity contribution in [1.29, 1.82) is 0 Å². The summed E-state index contributed by atoms with van der Waals surface area (Å²) < 4.78 is 41.2. The highest BCUT2D eigenvalue weighted by Crippen LogP contribution is 2.36.